The van der Waals surface area contributed by atoms with Crippen molar-refractivity contribution in [2.45, 2.75) is 44.6 Å². The summed E-state index contributed by atoms with van der Waals surface area (Å²) in [6.07, 6.45) is 7.55. The molecule has 0 aromatic rings. The third kappa shape index (κ3) is 2.33. The first-order valence-corrected chi connectivity index (χ1v) is 6.14. The minimum atomic E-state index is -0.0180. The van der Waals surface area contributed by atoms with E-state index in [4.69, 9.17) is 4.74 Å². The summed E-state index contributed by atoms with van der Waals surface area (Å²) in [6, 6.07) is 0.387. The molecule has 3 heteroatoms. The summed E-state index contributed by atoms with van der Waals surface area (Å²) in [5.41, 5.74) is 0. The molecule has 2 fully saturated rings. The van der Waals surface area contributed by atoms with E-state index in [1.54, 1.807) is 0 Å². The van der Waals surface area contributed by atoms with Gasteiger partial charge in [0.15, 0.2) is 0 Å². The van der Waals surface area contributed by atoms with Gasteiger partial charge in [0.25, 0.3) is 0 Å². The average molecular weight is 211 g/mol. The van der Waals surface area contributed by atoms with Gasteiger partial charge in [-0.3, -0.25) is 4.79 Å². The van der Waals surface area contributed by atoms with Crippen LogP contribution in [0.1, 0.15) is 38.5 Å². The van der Waals surface area contributed by atoms with Crippen molar-refractivity contribution in [2.24, 2.45) is 11.8 Å². The highest BCUT2D eigenvalue weighted by Gasteiger charge is 2.38. The molecule has 0 amide bonds. The fourth-order valence-corrected chi connectivity index (χ4v) is 3.13. The van der Waals surface area contributed by atoms with Crippen molar-refractivity contribution >= 4 is 5.97 Å². The molecule has 0 bridgehead atoms. The van der Waals surface area contributed by atoms with Crippen LogP contribution in [0.3, 0.4) is 0 Å². The van der Waals surface area contributed by atoms with E-state index in [2.05, 4.69) is 5.32 Å². The van der Waals surface area contributed by atoms with Gasteiger partial charge in [-0.1, -0.05) is 19.3 Å². The molecule has 0 aromatic heterocycles. The van der Waals surface area contributed by atoms with E-state index < -0.39 is 0 Å². The van der Waals surface area contributed by atoms with Crippen LogP contribution in [0.2, 0.25) is 0 Å². The molecule has 0 aromatic carbocycles. The Kier molecular flexibility index (Phi) is 3.62. The smallest absolute Gasteiger partial charge is 0.310 e. The lowest BCUT2D eigenvalue weighted by Crippen LogP contribution is -2.39. The summed E-state index contributed by atoms with van der Waals surface area (Å²) in [6.45, 7) is 0.973. The minimum absolute atomic E-state index is 0.0180. The second-order valence-electron chi connectivity index (χ2n) is 4.80. The van der Waals surface area contributed by atoms with Crippen LogP contribution in [0, 0.1) is 11.8 Å². The number of esters is 1. The molecule has 1 saturated carbocycles. The Morgan fingerprint density at radius 2 is 1.93 bits per heavy atom. The molecule has 1 N–H and O–H groups in total. The van der Waals surface area contributed by atoms with Crippen LogP contribution >= 0.6 is 0 Å². The Hall–Kier alpha value is -0.570. The van der Waals surface area contributed by atoms with Gasteiger partial charge in [-0.05, 0) is 31.7 Å². The zero-order chi connectivity index (χ0) is 10.7. The zero-order valence-electron chi connectivity index (χ0n) is 9.50. The van der Waals surface area contributed by atoms with E-state index >= 15 is 0 Å². The fraction of sp³-hybridized carbons (Fsp3) is 0.917. The molecular formula is C12H21NO2. The molecule has 1 aliphatic heterocycles. The van der Waals surface area contributed by atoms with Gasteiger partial charge in [0.05, 0.1) is 13.0 Å². The van der Waals surface area contributed by atoms with Crippen LogP contribution in [0.4, 0.5) is 0 Å². The Balaban J connectivity index is 1.97. The van der Waals surface area contributed by atoms with Gasteiger partial charge < -0.3 is 10.1 Å². The molecule has 0 radical (unpaired) electrons. The second-order valence-corrected chi connectivity index (χ2v) is 4.80. The van der Waals surface area contributed by atoms with Crippen molar-refractivity contribution in [3.63, 3.8) is 0 Å². The highest BCUT2D eigenvalue weighted by atomic mass is 16.5. The first-order valence-electron chi connectivity index (χ1n) is 6.14. The highest BCUT2D eigenvalue weighted by Crippen LogP contribution is 2.33. The third-order valence-electron chi connectivity index (χ3n) is 3.93. The molecule has 0 unspecified atom stereocenters. The summed E-state index contributed by atoms with van der Waals surface area (Å²) in [5.74, 6) is 0.791. The number of hydrogen-bond acceptors (Lipinski definition) is 3. The number of ether oxygens (including phenoxy) is 1. The molecule has 1 aliphatic carbocycles. The largest absolute Gasteiger partial charge is 0.469 e. The zero-order valence-corrected chi connectivity index (χ0v) is 9.50. The lowest BCUT2D eigenvalue weighted by molar-refractivity contribution is -0.146. The maximum atomic E-state index is 11.6. The van der Waals surface area contributed by atoms with Crippen molar-refractivity contribution in [1.29, 1.82) is 0 Å². The molecular weight excluding hydrogens is 190 g/mol. The van der Waals surface area contributed by atoms with Gasteiger partial charge in [-0.25, -0.2) is 0 Å². The maximum Gasteiger partial charge on any atom is 0.310 e. The second kappa shape index (κ2) is 4.97. The van der Waals surface area contributed by atoms with Crippen molar-refractivity contribution in [3.8, 4) is 0 Å². The molecule has 15 heavy (non-hydrogen) atoms. The van der Waals surface area contributed by atoms with Crippen LogP contribution in [0.25, 0.3) is 0 Å². The van der Waals surface area contributed by atoms with Gasteiger partial charge in [0.1, 0.15) is 0 Å². The number of methoxy groups -OCH3 is 1. The Labute approximate surface area is 91.6 Å². The summed E-state index contributed by atoms with van der Waals surface area (Å²) in [5, 5.41) is 3.49. The van der Waals surface area contributed by atoms with Crippen molar-refractivity contribution in [1.82, 2.24) is 5.32 Å². The van der Waals surface area contributed by atoms with Crippen LogP contribution in [-0.2, 0) is 9.53 Å². The number of carbonyl (C=O) groups excluding carboxylic acids is 1. The lowest BCUT2D eigenvalue weighted by Gasteiger charge is -2.30. The van der Waals surface area contributed by atoms with Crippen LogP contribution in [0.5, 0.6) is 0 Å². The van der Waals surface area contributed by atoms with E-state index in [0.29, 0.717) is 12.0 Å². The van der Waals surface area contributed by atoms with Gasteiger partial charge in [-0.15, -0.1) is 0 Å². The van der Waals surface area contributed by atoms with Crippen LogP contribution in [0.15, 0.2) is 0 Å². The van der Waals surface area contributed by atoms with Gasteiger partial charge in [-0.2, -0.15) is 0 Å². The van der Waals surface area contributed by atoms with Gasteiger partial charge >= 0.3 is 5.97 Å². The van der Waals surface area contributed by atoms with Crippen molar-refractivity contribution in [2.75, 3.05) is 13.7 Å². The van der Waals surface area contributed by atoms with Crippen molar-refractivity contribution < 1.29 is 9.53 Å². The first kappa shape index (κ1) is 10.9. The maximum absolute atomic E-state index is 11.6. The molecule has 86 valence electrons. The monoisotopic (exact) mass is 211 g/mol. The molecule has 1 heterocycles. The Bertz CT molecular complexity index is 224. The number of carbonyl (C=O) groups is 1. The van der Waals surface area contributed by atoms with Gasteiger partial charge in [0, 0.05) is 6.04 Å². The van der Waals surface area contributed by atoms with Gasteiger partial charge in [0.2, 0.25) is 0 Å². The van der Waals surface area contributed by atoms with E-state index in [0.717, 1.165) is 13.0 Å². The number of nitrogens with one attached hydrogen (secondary N) is 1. The van der Waals surface area contributed by atoms with E-state index in [1.807, 2.05) is 0 Å². The summed E-state index contributed by atoms with van der Waals surface area (Å²) in [7, 11) is 1.50. The van der Waals surface area contributed by atoms with E-state index in [-0.39, 0.29) is 11.9 Å². The lowest BCUT2D eigenvalue weighted by atomic mass is 9.79. The molecule has 0 spiro atoms. The van der Waals surface area contributed by atoms with Crippen LogP contribution < -0.4 is 5.32 Å². The minimum Gasteiger partial charge on any atom is -0.469 e. The Morgan fingerprint density at radius 3 is 2.60 bits per heavy atom. The quantitative estimate of drug-likeness (QED) is 0.707. The number of hydrogen-bond donors (Lipinski definition) is 1. The first-order chi connectivity index (χ1) is 7.33. The average Bonchev–Trinajstić information content (AvgIpc) is 2.78. The normalized spacial score (nSPS) is 32.9. The summed E-state index contributed by atoms with van der Waals surface area (Å²) >= 11 is 0. The predicted octanol–water partition coefficient (Wildman–Crippen LogP) is 1.72. The third-order valence-corrected chi connectivity index (χ3v) is 3.93. The summed E-state index contributed by atoms with van der Waals surface area (Å²) in [4.78, 5) is 11.6. The number of rotatable bonds is 2. The SMILES string of the molecule is COC(=O)[C@H]1CCN[C@H]1C1CCCCC1. The highest BCUT2D eigenvalue weighted by molar-refractivity contribution is 5.73. The molecule has 3 nitrogen and oxygen atoms in total. The summed E-state index contributed by atoms with van der Waals surface area (Å²) < 4.78 is 4.88. The Morgan fingerprint density at radius 1 is 1.20 bits per heavy atom. The fourth-order valence-electron chi connectivity index (χ4n) is 3.13. The molecule has 2 rings (SSSR count). The van der Waals surface area contributed by atoms with E-state index in [1.165, 1.54) is 39.2 Å². The molecule has 1 saturated heterocycles. The van der Waals surface area contributed by atoms with E-state index in [9.17, 15) is 4.79 Å². The molecule has 2 aliphatic rings. The van der Waals surface area contributed by atoms with Crippen molar-refractivity contribution in [3.05, 3.63) is 0 Å². The predicted molar refractivity (Wildman–Crippen MR) is 58.5 cm³/mol. The molecule has 2 atom stereocenters. The topological polar surface area (TPSA) is 38.3 Å². The van der Waals surface area contributed by atoms with Crippen LogP contribution in [-0.4, -0.2) is 25.7 Å². The standard InChI is InChI=1S/C12H21NO2/c1-15-12(14)10-7-8-13-11(10)9-5-3-2-4-6-9/h9-11,13H,2-8H2,1H3/t10-,11-/m0/s1.